The third-order valence-corrected chi connectivity index (χ3v) is 4.68. The lowest BCUT2D eigenvalue weighted by Gasteiger charge is -2.38. The maximum atomic E-state index is 12.5. The number of hydrogen-bond acceptors (Lipinski definition) is 3. The Bertz CT molecular complexity index is 309. The van der Waals surface area contributed by atoms with Gasteiger partial charge in [0.15, 0.2) is 0 Å². The zero-order valence-electron chi connectivity index (χ0n) is 13.4. The molecule has 2 aliphatic rings. The van der Waals surface area contributed by atoms with E-state index in [1.807, 2.05) is 7.05 Å². The topological polar surface area (TPSA) is 35.6 Å². The second-order valence-electron chi connectivity index (χ2n) is 7.05. The van der Waals surface area contributed by atoms with Crippen LogP contribution in [0.25, 0.3) is 0 Å². The molecule has 1 amide bonds. The van der Waals surface area contributed by atoms with E-state index in [-0.39, 0.29) is 0 Å². The molecule has 2 rings (SSSR count). The van der Waals surface area contributed by atoms with Crippen LogP contribution in [-0.2, 0) is 4.79 Å². The molecular formula is C16H31N3O. The molecule has 4 heteroatoms. The summed E-state index contributed by atoms with van der Waals surface area (Å²) in [6, 6.07) is 0. The van der Waals surface area contributed by atoms with Crippen molar-refractivity contribution in [1.29, 1.82) is 0 Å². The first-order valence-electron chi connectivity index (χ1n) is 8.23. The quantitative estimate of drug-likeness (QED) is 0.846. The maximum Gasteiger partial charge on any atom is 0.236 e. The summed E-state index contributed by atoms with van der Waals surface area (Å²) in [5, 5.41) is 3.26. The van der Waals surface area contributed by atoms with Gasteiger partial charge in [-0.25, -0.2) is 0 Å². The molecule has 0 radical (unpaired) electrons. The molecule has 0 saturated carbocycles. The minimum atomic E-state index is 0.341. The number of rotatable bonds is 4. The Morgan fingerprint density at radius 2 is 1.90 bits per heavy atom. The van der Waals surface area contributed by atoms with E-state index in [9.17, 15) is 4.79 Å². The van der Waals surface area contributed by atoms with E-state index in [2.05, 4.69) is 29.0 Å². The van der Waals surface area contributed by atoms with Crippen LogP contribution in [-0.4, -0.2) is 62.0 Å². The number of carbonyl (C=O) groups is 1. The number of amides is 1. The lowest BCUT2D eigenvalue weighted by molar-refractivity contribution is -0.135. The number of hydrogen-bond donors (Lipinski definition) is 1. The molecule has 116 valence electrons. The van der Waals surface area contributed by atoms with E-state index >= 15 is 0 Å². The average Bonchev–Trinajstić information content (AvgIpc) is 2.38. The smallest absolute Gasteiger partial charge is 0.236 e. The minimum Gasteiger partial charge on any atom is -0.341 e. The second-order valence-corrected chi connectivity index (χ2v) is 7.05. The first kappa shape index (κ1) is 15.8. The van der Waals surface area contributed by atoms with Crippen LogP contribution in [0.5, 0.6) is 0 Å². The van der Waals surface area contributed by atoms with E-state index in [0.717, 1.165) is 32.7 Å². The molecule has 3 atom stereocenters. The number of nitrogens with zero attached hydrogens (tertiary/aromatic N) is 2. The highest BCUT2D eigenvalue weighted by Gasteiger charge is 2.27. The van der Waals surface area contributed by atoms with Crippen molar-refractivity contribution in [2.24, 2.45) is 17.8 Å². The van der Waals surface area contributed by atoms with Gasteiger partial charge in [0.25, 0.3) is 0 Å². The van der Waals surface area contributed by atoms with Gasteiger partial charge < -0.3 is 10.2 Å². The van der Waals surface area contributed by atoms with Crippen molar-refractivity contribution in [1.82, 2.24) is 15.1 Å². The molecule has 2 fully saturated rings. The second kappa shape index (κ2) is 7.41. The van der Waals surface area contributed by atoms with Gasteiger partial charge in [-0.1, -0.05) is 13.8 Å². The Morgan fingerprint density at radius 3 is 2.55 bits per heavy atom. The number of nitrogens with one attached hydrogen (secondary N) is 1. The summed E-state index contributed by atoms with van der Waals surface area (Å²) in [7, 11) is 2.01. The van der Waals surface area contributed by atoms with E-state index in [4.69, 9.17) is 0 Å². The van der Waals surface area contributed by atoms with Crippen LogP contribution in [0.2, 0.25) is 0 Å². The van der Waals surface area contributed by atoms with Crippen molar-refractivity contribution in [3.05, 3.63) is 0 Å². The van der Waals surface area contributed by atoms with Gasteiger partial charge in [0.2, 0.25) is 5.91 Å². The molecule has 0 aromatic rings. The summed E-state index contributed by atoms with van der Waals surface area (Å²) in [5.41, 5.74) is 0. The van der Waals surface area contributed by atoms with Gasteiger partial charge in [-0.05, 0) is 57.2 Å². The zero-order valence-corrected chi connectivity index (χ0v) is 13.4. The fourth-order valence-corrected chi connectivity index (χ4v) is 3.91. The van der Waals surface area contributed by atoms with E-state index in [1.165, 1.54) is 19.3 Å². The van der Waals surface area contributed by atoms with Crippen molar-refractivity contribution in [2.75, 3.05) is 46.3 Å². The molecule has 0 aromatic heterocycles. The number of likely N-dealkylation sites (tertiary alicyclic amines) is 2. The third-order valence-electron chi connectivity index (χ3n) is 4.68. The Morgan fingerprint density at radius 1 is 1.20 bits per heavy atom. The lowest BCUT2D eigenvalue weighted by Crippen LogP contribution is -2.49. The molecule has 0 spiro atoms. The molecule has 3 unspecified atom stereocenters. The highest BCUT2D eigenvalue weighted by molar-refractivity contribution is 5.78. The molecule has 4 nitrogen and oxygen atoms in total. The van der Waals surface area contributed by atoms with Crippen LogP contribution < -0.4 is 5.32 Å². The first-order valence-corrected chi connectivity index (χ1v) is 8.23. The molecule has 2 aliphatic heterocycles. The molecule has 20 heavy (non-hydrogen) atoms. The summed E-state index contributed by atoms with van der Waals surface area (Å²) in [5.74, 6) is 2.36. The third kappa shape index (κ3) is 4.45. The largest absolute Gasteiger partial charge is 0.341 e. The maximum absolute atomic E-state index is 12.5. The number of piperidine rings is 2. The highest BCUT2D eigenvalue weighted by Crippen LogP contribution is 2.22. The van der Waals surface area contributed by atoms with Gasteiger partial charge in [0.1, 0.15) is 0 Å². The van der Waals surface area contributed by atoms with Crippen LogP contribution in [0, 0.1) is 17.8 Å². The Hall–Kier alpha value is -0.610. The predicted octanol–water partition coefficient (Wildman–Crippen LogP) is 1.42. The monoisotopic (exact) mass is 281 g/mol. The van der Waals surface area contributed by atoms with Gasteiger partial charge in [-0.2, -0.15) is 0 Å². The molecule has 0 aliphatic carbocycles. The fourth-order valence-electron chi connectivity index (χ4n) is 3.91. The highest BCUT2D eigenvalue weighted by atomic mass is 16.2. The molecule has 2 heterocycles. The molecule has 2 saturated heterocycles. The van der Waals surface area contributed by atoms with Crippen LogP contribution in [0.15, 0.2) is 0 Å². The summed E-state index contributed by atoms with van der Waals surface area (Å²) in [6.07, 6.45) is 3.79. The zero-order chi connectivity index (χ0) is 14.5. The first-order chi connectivity index (χ1) is 9.58. The summed E-state index contributed by atoms with van der Waals surface area (Å²) < 4.78 is 0. The van der Waals surface area contributed by atoms with E-state index < -0.39 is 0 Å². The molecule has 1 N–H and O–H groups in total. The van der Waals surface area contributed by atoms with Gasteiger partial charge in [-0.3, -0.25) is 9.69 Å². The summed E-state index contributed by atoms with van der Waals surface area (Å²) >= 11 is 0. The Balaban J connectivity index is 1.81. The Labute approximate surface area is 123 Å². The van der Waals surface area contributed by atoms with Crippen LogP contribution >= 0.6 is 0 Å². The molecule has 0 aromatic carbocycles. The fraction of sp³-hybridized carbons (Fsp3) is 0.938. The number of carbonyl (C=O) groups excluding carboxylic acids is 1. The van der Waals surface area contributed by atoms with Gasteiger partial charge in [-0.15, -0.1) is 0 Å². The van der Waals surface area contributed by atoms with Gasteiger partial charge in [0, 0.05) is 19.6 Å². The van der Waals surface area contributed by atoms with Crippen molar-refractivity contribution >= 4 is 5.91 Å². The van der Waals surface area contributed by atoms with Gasteiger partial charge >= 0.3 is 0 Å². The lowest BCUT2D eigenvalue weighted by atomic mass is 9.92. The molecule has 0 bridgehead atoms. The van der Waals surface area contributed by atoms with Crippen LogP contribution in [0.4, 0.5) is 0 Å². The van der Waals surface area contributed by atoms with Crippen molar-refractivity contribution in [2.45, 2.75) is 33.1 Å². The van der Waals surface area contributed by atoms with Crippen molar-refractivity contribution in [3.8, 4) is 0 Å². The van der Waals surface area contributed by atoms with E-state index in [0.29, 0.717) is 30.2 Å². The van der Waals surface area contributed by atoms with Crippen LogP contribution in [0.3, 0.4) is 0 Å². The SMILES string of the molecule is CNCC1CCCN(CC(=O)N2CC(C)CC(C)C2)C1. The normalized spacial score (nSPS) is 32.4. The summed E-state index contributed by atoms with van der Waals surface area (Å²) in [4.78, 5) is 16.9. The van der Waals surface area contributed by atoms with E-state index in [1.54, 1.807) is 0 Å². The Kier molecular flexibility index (Phi) is 5.85. The van der Waals surface area contributed by atoms with Crippen molar-refractivity contribution < 1.29 is 4.79 Å². The van der Waals surface area contributed by atoms with Crippen LogP contribution in [0.1, 0.15) is 33.1 Å². The standard InChI is InChI=1S/C16H31N3O/c1-13-7-14(2)10-19(9-13)16(20)12-18-6-4-5-15(11-18)8-17-3/h13-15,17H,4-12H2,1-3H3. The summed E-state index contributed by atoms with van der Waals surface area (Å²) in [6.45, 7) is 10.3. The minimum absolute atomic E-state index is 0.341. The van der Waals surface area contributed by atoms with Crippen molar-refractivity contribution in [3.63, 3.8) is 0 Å². The predicted molar refractivity (Wildman–Crippen MR) is 82.6 cm³/mol. The average molecular weight is 281 g/mol. The molecular weight excluding hydrogens is 250 g/mol. The van der Waals surface area contributed by atoms with Gasteiger partial charge in [0.05, 0.1) is 6.54 Å².